The first-order chi connectivity index (χ1) is 9.43. The fraction of sp³-hybridized carbons (Fsp3) is 0.154. The molecule has 1 unspecified atom stereocenters. The minimum Gasteiger partial charge on any atom is -0.271 e. The van der Waals surface area contributed by atoms with Gasteiger partial charge in [-0.25, -0.2) is 9.82 Å². The van der Waals surface area contributed by atoms with E-state index in [1.165, 1.54) is 18.2 Å². The molecule has 0 aliphatic heterocycles. The molecule has 3 N–H and O–H groups in total. The van der Waals surface area contributed by atoms with Crippen LogP contribution in [0.15, 0.2) is 42.7 Å². The standard InChI is InChI=1S/C13H11F4N3/c14-9-3-1-2-8(6-9)12(20-18)10-7-19-5-4-11(10)13(15,16)17/h1-7,12,20H,18H2. The molecule has 1 aromatic carbocycles. The molecule has 1 heterocycles. The molecule has 0 radical (unpaired) electrons. The van der Waals surface area contributed by atoms with Gasteiger partial charge in [-0.15, -0.1) is 0 Å². The van der Waals surface area contributed by atoms with Gasteiger partial charge >= 0.3 is 6.18 Å². The van der Waals surface area contributed by atoms with Crippen molar-refractivity contribution in [3.63, 3.8) is 0 Å². The van der Waals surface area contributed by atoms with Crippen molar-refractivity contribution in [3.8, 4) is 0 Å². The van der Waals surface area contributed by atoms with Crippen LogP contribution in [0.5, 0.6) is 0 Å². The average molecular weight is 285 g/mol. The Morgan fingerprint density at radius 2 is 1.95 bits per heavy atom. The number of halogens is 4. The highest BCUT2D eigenvalue weighted by Crippen LogP contribution is 2.35. The van der Waals surface area contributed by atoms with Crippen LogP contribution in [0, 0.1) is 5.82 Å². The van der Waals surface area contributed by atoms with Crippen molar-refractivity contribution in [2.45, 2.75) is 12.2 Å². The van der Waals surface area contributed by atoms with E-state index in [9.17, 15) is 17.6 Å². The molecule has 0 saturated heterocycles. The zero-order valence-corrected chi connectivity index (χ0v) is 10.2. The number of alkyl halides is 3. The van der Waals surface area contributed by atoms with Gasteiger partial charge in [0.15, 0.2) is 0 Å². The predicted octanol–water partition coefficient (Wildman–Crippen LogP) is 2.79. The zero-order valence-electron chi connectivity index (χ0n) is 10.2. The second-order valence-electron chi connectivity index (χ2n) is 4.12. The topological polar surface area (TPSA) is 50.9 Å². The lowest BCUT2D eigenvalue weighted by Crippen LogP contribution is -2.30. The summed E-state index contributed by atoms with van der Waals surface area (Å²) in [6.45, 7) is 0. The molecule has 0 aliphatic rings. The molecular weight excluding hydrogens is 274 g/mol. The second-order valence-corrected chi connectivity index (χ2v) is 4.12. The molecule has 0 bridgehead atoms. The molecule has 0 amide bonds. The summed E-state index contributed by atoms with van der Waals surface area (Å²) in [5.41, 5.74) is 1.53. The molecular formula is C13H11F4N3. The van der Waals surface area contributed by atoms with E-state index in [1.54, 1.807) is 0 Å². The van der Waals surface area contributed by atoms with E-state index in [4.69, 9.17) is 5.84 Å². The highest BCUT2D eigenvalue weighted by atomic mass is 19.4. The van der Waals surface area contributed by atoms with Crippen LogP contribution in [0.25, 0.3) is 0 Å². The quantitative estimate of drug-likeness (QED) is 0.518. The zero-order chi connectivity index (χ0) is 14.8. The van der Waals surface area contributed by atoms with Crippen molar-refractivity contribution in [1.82, 2.24) is 10.4 Å². The minimum absolute atomic E-state index is 0.159. The number of hydrogen-bond donors (Lipinski definition) is 2. The van der Waals surface area contributed by atoms with Crippen LogP contribution < -0.4 is 11.3 Å². The molecule has 106 valence electrons. The second kappa shape index (κ2) is 5.56. The Bertz CT molecular complexity index is 598. The Kier molecular flexibility index (Phi) is 4.01. The van der Waals surface area contributed by atoms with Gasteiger partial charge < -0.3 is 0 Å². The van der Waals surface area contributed by atoms with Crippen molar-refractivity contribution in [2.75, 3.05) is 0 Å². The monoisotopic (exact) mass is 285 g/mol. The van der Waals surface area contributed by atoms with Gasteiger partial charge in [0, 0.05) is 18.0 Å². The van der Waals surface area contributed by atoms with E-state index in [0.29, 0.717) is 0 Å². The first kappa shape index (κ1) is 14.4. The lowest BCUT2D eigenvalue weighted by atomic mass is 9.96. The SMILES string of the molecule is NNC(c1cccc(F)c1)c1cnccc1C(F)(F)F. The maximum absolute atomic E-state index is 13.2. The van der Waals surface area contributed by atoms with Gasteiger partial charge in [-0.05, 0) is 23.8 Å². The summed E-state index contributed by atoms with van der Waals surface area (Å²) in [6.07, 6.45) is -2.43. The van der Waals surface area contributed by atoms with Gasteiger partial charge in [0.1, 0.15) is 5.82 Å². The Morgan fingerprint density at radius 3 is 2.55 bits per heavy atom. The molecule has 2 rings (SSSR count). The van der Waals surface area contributed by atoms with E-state index in [-0.39, 0.29) is 11.1 Å². The van der Waals surface area contributed by atoms with E-state index >= 15 is 0 Å². The van der Waals surface area contributed by atoms with Crippen molar-refractivity contribution >= 4 is 0 Å². The summed E-state index contributed by atoms with van der Waals surface area (Å²) >= 11 is 0. The van der Waals surface area contributed by atoms with Crippen molar-refractivity contribution in [3.05, 3.63) is 65.2 Å². The summed E-state index contributed by atoms with van der Waals surface area (Å²) in [7, 11) is 0. The lowest BCUT2D eigenvalue weighted by molar-refractivity contribution is -0.138. The van der Waals surface area contributed by atoms with Gasteiger partial charge in [0.05, 0.1) is 11.6 Å². The van der Waals surface area contributed by atoms with Crippen LogP contribution >= 0.6 is 0 Å². The van der Waals surface area contributed by atoms with Gasteiger partial charge in [-0.1, -0.05) is 12.1 Å². The number of hydrazine groups is 1. The number of aromatic nitrogens is 1. The van der Waals surface area contributed by atoms with Crippen LogP contribution in [-0.2, 0) is 6.18 Å². The third-order valence-electron chi connectivity index (χ3n) is 2.82. The summed E-state index contributed by atoms with van der Waals surface area (Å²) in [6, 6.07) is 5.07. The Morgan fingerprint density at radius 1 is 1.20 bits per heavy atom. The normalized spacial score (nSPS) is 13.2. The van der Waals surface area contributed by atoms with Crippen LogP contribution in [0.4, 0.5) is 17.6 Å². The third-order valence-corrected chi connectivity index (χ3v) is 2.82. The van der Waals surface area contributed by atoms with Gasteiger partial charge in [-0.2, -0.15) is 13.2 Å². The number of hydrogen-bond acceptors (Lipinski definition) is 3. The number of nitrogens with zero attached hydrogens (tertiary/aromatic N) is 1. The first-order valence-corrected chi connectivity index (χ1v) is 5.66. The molecule has 0 fully saturated rings. The molecule has 0 aliphatic carbocycles. The molecule has 0 spiro atoms. The fourth-order valence-corrected chi connectivity index (χ4v) is 1.95. The number of nitrogens with two attached hydrogens (primary N) is 1. The molecule has 3 nitrogen and oxygen atoms in total. The summed E-state index contributed by atoms with van der Waals surface area (Å²) in [4.78, 5) is 3.69. The van der Waals surface area contributed by atoms with E-state index in [0.717, 1.165) is 24.5 Å². The third kappa shape index (κ3) is 2.94. The molecule has 7 heteroatoms. The largest absolute Gasteiger partial charge is 0.416 e. The predicted molar refractivity (Wildman–Crippen MR) is 64.8 cm³/mol. The van der Waals surface area contributed by atoms with Gasteiger partial charge in [0.2, 0.25) is 0 Å². The van der Waals surface area contributed by atoms with Crippen LogP contribution in [0.1, 0.15) is 22.7 Å². The van der Waals surface area contributed by atoms with Crippen molar-refractivity contribution in [2.24, 2.45) is 5.84 Å². The lowest BCUT2D eigenvalue weighted by Gasteiger charge is -2.21. The molecule has 1 aromatic heterocycles. The summed E-state index contributed by atoms with van der Waals surface area (Å²) < 4.78 is 52.1. The maximum Gasteiger partial charge on any atom is 0.416 e. The maximum atomic E-state index is 13.2. The summed E-state index contributed by atoms with van der Waals surface area (Å²) in [5, 5.41) is 0. The van der Waals surface area contributed by atoms with Crippen LogP contribution in [0.3, 0.4) is 0 Å². The Balaban J connectivity index is 2.53. The minimum atomic E-state index is -4.54. The average Bonchev–Trinajstić information content (AvgIpc) is 2.39. The molecule has 2 aromatic rings. The first-order valence-electron chi connectivity index (χ1n) is 5.66. The number of benzene rings is 1. The van der Waals surface area contributed by atoms with Crippen molar-refractivity contribution < 1.29 is 17.6 Å². The van der Waals surface area contributed by atoms with E-state index < -0.39 is 23.6 Å². The van der Waals surface area contributed by atoms with Crippen LogP contribution in [0.2, 0.25) is 0 Å². The van der Waals surface area contributed by atoms with Crippen molar-refractivity contribution in [1.29, 1.82) is 0 Å². The number of nitrogens with one attached hydrogen (secondary N) is 1. The Hall–Kier alpha value is -1.99. The molecule has 1 atom stereocenters. The van der Waals surface area contributed by atoms with Gasteiger partial charge in [0.25, 0.3) is 0 Å². The molecule has 20 heavy (non-hydrogen) atoms. The van der Waals surface area contributed by atoms with E-state index in [2.05, 4.69) is 10.4 Å². The highest BCUT2D eigenvalue weighted by molar-refractivity contribution is 5.37. The van der Waals surface area contributed by atoms with Gasteiger partial charge in [-0.3, -0.25) is 10.8 Å². The smallest absolute Gasteiger partial charge is 0.271 e. The fourth-order valence-electron chi connectivity index (χ4n) is 1.95. The van der Waals surface area contributed by atoms with Crippen LogP contribution in [-0.4, -0.2) is 4.98 Å². The Labute approximate surface area is 112 Å². The molecule has 0 saturated carbocycles. The number of rotatable bonds is 3. The summed E-state index contributed by atoms with van der Waals surface area (Å²) in [5.74, 6) is 4.78. The highest BCUT2D eigenvalue weighted by Gasteiger charge is 2.35. The number of pyridine rings is 1. The van der Waals surface area contributed by atoms with E-state index in [1.807, 2.05) is 0 Å².